The number of oxazole rings is 1. The number of halogens is 1. The molecule has 0 fully saturated rings. The van der Waals surface area contributed by atoms with Crippen molar-refractivity contribution in [1.82, 2.24) is 9.97 Å². The first-order valence-corrected chi connectivity index (χ1v) is 8.97. The van der Waals surface area contributed by atoms with Gasteiger partial charge in [0.25, 0.3) is 5.91 Å². The number of nitrogens with one attached hydrogen (secondary N) is 1. The van der Waals surface area contributed by atoms with Crippen LogP contribution in [0.3, 0.4) is 0 Å². The quantitative estimate of drug-likeness (QED) is 0.523. The van der Waals surface area contributed by atoms with Crippen molar-refractivity contribution < 1.29 is 13.9 Å². The van der Waals surface area contributed by atoms with Crippen LogP contribution in [0.25, 0.3) is 22.7 Å². The maximum absolute atomic E-state index is 12.1. The Morgan fingerprint density at radius 2 is 2.04 bits per heavy atom. The van der Waals surface area contributed by atoms with Crippen molar-refractivity contribution in [3.05, 3.63) is 71.4 Å². The molecule has 1 amide bonds. The van der Waals surface area contributed by atoms with E-state index >= 15 is 0 Å². The molecular formula is C21H16ClN3O3. The van der Waals surface area contributed by atoms with Gasteiger partial charge in [-0.2, -0.15) is 0 Å². The van der Waals surface area contributed by atoms with Gasteiger partial charge >= 0.3 is 0 Å². The second kappa shape index (κ2) is 7.70. The van der Waals surface area contributed by atoms with Crippen molar-refractivity contribution in [3.8, 4) is 17.3 Å². The van der Waals surface area contributed by atoms with Crippen molar-refractivity contribution in [2.24, 2.45) is 0 Å². The Morgan fingerprint density at radius 1 is 1.18 bits per heavy atom. The zero-order valence-electron chi connectivity index (χ0n) is 15.0. The number of aromatic nitrogens is 2. The Balaban J connectivity index is 1.41. The third-order valence-electron chi connectivity index (χ3n) is 4.07. The first kappa shape index (κ1) is 18.0. The fourth-order valence-corrected chi connectivity index (χ4v) is 2.83. The number of amides is 1. The molecule has 0 bridgehead atoms. The molecule has 6 nitrogen and oxygen atoms in total. The molecule has 0 atom stereocenters. The molecule has 0 radical (unpaired) electrons. The molecule has 0 saturated heterocycles. The molecule has 0 saturated carbocycles. The molecule has 0 spiro atoms. The van der Waals surface area contributed by atoms with E-state index in [4.69, 9.17) is 20.8 Å². The molecule has 4 rings (SSSR count). The fourth-order valence-electron chi connectivity index (χ4n) is 2.66. The van der Waals surface area contributed by atoms with Crippen molar-refractivity contribution in [1.29, 1.82) is 0 Å². The zero-order valence-corrected chi connectivity index (χ0v) is 15.7. The topological polar surface area (TPSA) is 77.2 Å². The van der Waals surface area contributed by atoms with E-state index in [1.54, 1.807) is 36.5 Å². The predicted octanol–water partition coefficient (Wildman–Crippen LogP) is 4.87. The Bertz CT molecular complexity index is 1140. The monoisotopic (exact) mass is 393 g/mol. The third-order valence-corrected chi connectivity index (χ3v) is 4.30. The summed E-state index contributed by atoms with van der Waals surface area (Å²) in [4.78, 5) is 20.8. The lowest BCUT2D eigenvalue weighted by Crippen LogP contribution is -2.20. The van der Waals surface area contributed by atoms with Crippen LogP contribution in [0.15, 0.2) is 65.2 Å². The molecule has 2 heterocycles. The van der Waals surface area contributed by atoms with Gasteiger partial charge in [-0.1, -0.05) is 29.8 Å². The highest BCUT2D eigenvalue weighted by Crippen LogP contribution is 2.25. The van der Waals surface area contributed by atoms with Crippen LogP contribution in [-0.2, 0) is 4.79 Å². The molecular weight excluding hydrogens is 378 g/mol. The molecule has 1 N–H and O–H groups in total. The highest BCUT2D eigenvalue weighted by atomic mass is 35.5. The van der Waals surface area contributed by atoms with Crippen molar-refractivity contribution in [3.63, 3.8) is 0 Å². The molecule has 0 aliphatic carbocycles. The second-order valence-electron chi connectivity index (χ2n) is 6.17. The Morgan fingerprint density at radius 3 is 2.82 bits per heavy atom. The van der Waals surface area contributed by atoms with Crippen LogP contribution in [0.4, 0.5) is 5.69 Å². The van der Waals surface area contributed by atoms with Gasteiger partial charge in [0.05, 0.1) is 11.9 Å². The summed E-state index contributed by atoms with van der Waals surface area (Å²) in [6.45, 7) is 1.84. The van der Waals surface area contributed by atoms with Crippen LogP contribution in [0, 0.1) is 6.92 Å². The van der Waals surface area contributed by atoms with Crippen LogP contribution in [0.2, 0.25) is 5.02 Å². The van der Waals surface area contributed by atoms with Gasteiger partial charge in [0.1, 0.15) is 17.0 Å². The number of anilines is 1. The maximum Gasteiger partial charge on any atom is 0.262 e. The number of carbonyl (C=O) groups excluding carboxylic acids is 1. The zero-order chi connectivity index (χ0) is 19.5. The van der Waals surface area contributed by atoms with Crippen LogP contribution >= 0.6 is 11.6 Å². The number of fused-ring (bicyclic) bond motifs is 1. The summed E-state index contributed by atoms with van der Waals surface area (Å²) in [5, 5.41) is 3.34. The number of carbonyl (C=O) groups is 1. The maximum atomic E-state index is 12.1. The van der Waals surface area contributed by atoms with E-state index in [0.29, 0.717) is 39.1 Å². The molecule has 2 aromatic carbocycles. The fraction of sp³-hybridized carbons (Fsp3) is 0.0952. The molecule has 4 aromatic rings. The summed E-state index contributed by atoms with van der Waals surface area (Å²) in [6.07, 6.45) is 1.54. The molecule has 0 aliphatic rings. The van der Waals surface area contributed by atoms with Gasteiger partial charge in [0.15, 0.2) is 12.2 Å². The Labute approximate surface area is 166 Å². The number of nitrogens with zero attached hydrogens (tertiary/aromatic N) is 2. The van der Waals surface area contributed by atoms with Crippen LogP contribution in [0.1, 0.15) is 5.56 Å². The van der Waals surface area contributed by atoms with E-state index in [2.05, 4.69) is 15.3 Å². The van der Waals surface area contributed by atoms with E-state index in [1.165, 1.54) is 0 Å². The van der Waals surface area contributed by atoms with Crippen molar-refractivity contribution in [2.75, 3.05) is 11.9 Å². The normalized spacial score (nSPS) is 10.8. The van der Waals surface area contributed by atoms with Crippen LogP contribution in [-0.4, -0.2) is 22.5 Å². The van der Waals surface area contributed by atoms with Gasteiger partial charge in [-0.3, -0.25) is 4.79 Å². The summed E-state index contributed by atoms with van der Waals surface area (Å²) in [5.41, 5.74) is 3.38. The van der Waals surface area contributed by atoms with Gasteiger partial charge in [0.2, 0.25) is 5.89 Å². The highest BCUT2D eigenvalue weighted by molar-refractivity contribution is 6.31. The standard InChI is InChI=1S/C21H16ClN3O3/c1-13-4-2-3-5-18(13)27-12-20(26)24-15-7-8-16(23-11-15)21-25-17-10-14(22)6-9-19(17)28-21/h2-11H,12H2,1H3,(H,24,26). The third kappa shape index (κ3) is 3.97. The van der Waals surface area contributed by atoms with Gasteiger partial charge in [-0.15, -0.1) is 0 Å². The van der Waals surface area contributed by atoms with Crippen molar-refractivity contribution in [2.45, 2.75) is 6.92 Å². The number of rotatable bonds is 5. The number of ether oxygens (including phenoxy) is 1. The van der Waals surface area contributed by atoms with Gasteiger partial charge in [-0.05, 0) is 48.9 Å². The van der Waals surface area contributed by atoms with E-state index in [1.807, 2.05) is 31.2 Å². The number of benzene rings is 2. The van der Waals surface area contributed by atoms with Gasteiger partial charge in [0, 0.05) is 5.02 Å². The average molecular weight is 394 g/mol. The molecule has 28 heavy (non-hydrogen) atoms. The average Bonchev–Trinajstić information content (AvgIpc) is 3.11. The summed E-state index contributed by atoms with van der Waals surface area (Å²) < 4.78 is 11.2. The van der Waals surface area contributed by atoms with Gasteiger partial charge < -0.3 is 14.5 Å². The summed E-state index contributed by atoms with van der Waals surface area (Å²) >= 11 is 5.97. The smallest absolute Gasteiger partial charge is 0.262 e. The lowest BCUT2D eigenvalue weighted by molar-refractivity contribution is -0.118. The van der Waals surface area contributed by atoms with Crippen LogP contribution in [0.5, 0.6) is 5.75 Å². The summed E-state index contributed by atoms with van der Waals surface area (Å²) in [7, 11) is 0. The number of hydrogen-bond donors (Lipinski definition) is 1. The highest BCUT2D eigenvalue weighted by Gasteiger charge is 2.11. The molecule has 0 aliphatic heterocycles. The second-order valence-corrected chi connectivity index (χ2v) is 6.60. The van der Waals surface area contributed by atoms with Gasteiger partial charge in [-0.25, -0.2) is 9.97 Å². The molecule has 0 unspecified atom stereocenters. The molecule has 2 aromatic heterocycles. The number of hydrogen-bond acceptors (Lipinski definition) is 5. The minimum atomic E-state index is -0.269. The van der Waals surface area contributed by atoms with Crippen molar-refractivity contribution >= 4 is 34.3 Å². The van der Waals surface area contributed by atoms with E-state index in [-0.39, 0.29) is 12.5 Å². The first-order chi connectivity index (χ1) is 13.6. The lowest BCUT2D eigenvalue weighted by Gasteiger charge is -2.09. The first-order valence-electron chi connectivity index (χ1n) is 8.59. The number of aryl methyl sites for hydroxylation is 1. The summed E-state index contributed by atoms with van der Waals surface area (Å²) in [6, 6.07) is 16.2. The Kier molecular flexibility index (Phi) is 4.95. The number of para-hydroxylation sites is 1. The number of pyridine rings is 1. The molecule has 7 heteroatoms. The van der Waals surface area contributed by atoms with E-state index < -0.39 is 0 Å². The predicted molar refractivity (Wildman–Crippen MR) is 108 cm³/mol. The molecule has 140 valence electrons. The van der Waals surface area contributed by atoms with E-state index in [0.717, 1.165) is 5.56 Å². The summed E-state index contributed by atoms with van der Waals surface area (Å²) in [5.74, 6) is 0.800. The SMILES string of the molecule is Cc1ccccc1OCC(=O)Nc1ccc(-c2nc3cc(Cl)ccc3o2)nc1. The Hall–Kier alpha value is -3.38. The lowest BCUT2D eigenvalue weighted by atomic mass is 10.2. The van der Waals surface area contributed by atoms with Crippen LogP contribution < -0.4 is 10.1 Å². The minimum Gasteiger partial charge on any atom is -0.483 e. The minimum absolute atomic E-state index is 0.0848. The largest absolute Gasteiger partial charge is 0.483 e. The van der Waals surface area contributed by atoms with E-state index in [9.17, 15) is 4.79 Å².